The zero-order valence-electron chi connectivity index (χ0n) is 16.2. The minimum Gasteiger partial charge on any atom is -0.387 e. The number of rotatable bonds is 6. The van der Waals surface area contributed by atoms with Crippen LogP contribution in [-0.4, -0.2) is 50.7 Å². The van der Waals surface area contributed by atoms with E-state index in [0.717, 1.165) is 23.3 Å². The van der Waals surface area contributed by atoms with Crippen LogP contribution in [0, 0.1) is 0 Å². The number of carbonyl (C=O) groups is 3. The van der Waals surface area contributed by atoms with Crippen molar-refractivity contribution in [3.05, 3.63) is 41.7 Å². The van der Waals surface area contributed by atoms with Crippen molar-refractivity contribution < 1.29 is 45.8 Å². The van der Waals surface area contributed by atoms with Crippen molar-refractivity contribution in [2.24, 2.45) is 0 Å². The number of alkyl halides is 6. The first-order valence-corrected chi connectivity index (χ1v) is 8.65. The van der Waals surface area contributed by atoms with Gasteiger partial charge in [0.25, 0.3) is 11.8 Å². The van der Waals surface area contributed by atoms with Gasteiger partial charge in [-0.3, -0.25) is 25.2 Å². The van der Waals surface area contributed by atoms with E-state index in [0.29, 0.717) is 12.1 Å². The molecule has 1 aromatic heterocycles. The zero-order valence-corrected chi connectivity index (χ0v) is 16.2. The van der Waals surface area contributed by atoms with Crippen molar-refractivity contribution in [3.63, 3.8) is 0 Å². The normalized spacial score (nSPS) is 12.0. The van der Waals surface area contributed by atoms with E-state index < -0.39 is 65.7 Å². The van der Waals surface area contributed by atoms with E-state index in [1.165, 1.54) is 0 Å². The highest BCUT2D eigenvalue weighted by Crippen LogP contribution is 2.37. The molecule has 3 amide bonds. The Balaban J connectivity index is 2.09. The summed E-state index contributed by atoms with van der Waals surface area (Å²) in [6.45, 7) is -1.37. The lowest BCUT2D eigenvalue weighted by atomic mass is 10.0. The van der Waals surface area contributed by atoms with Crippen molar-refractivity contribution in [1.82, 2.24) is 30.9 Å². The van der Waals surface area contributed by atoms with Crippen molar-refractivity contribution >= 4 is 23.9 Å². The zero-order chi connectivity index (χ0) is 24.8. The third-order valence-corrected chi connectivity index (χ3v) is 3.65. The molecule has 1 heterocycles. The number of aliphatic hydroxyl groups is 1. The highest BCUT2D eigenvalue weighted by molar-refractivity contribution is 5.92. The van der Waals surface area contributed by atoms with Gasteiger partial charge < -0.3 is 10.4 Å². The van der Waals surface area contributed by atoms with Crippen LogP contribution < -0.4 is 16.2 Å². The Morgan fingerprint density at radius 1 is 0.970 bits per heavy atom. The minimum atomic E-state index is -5.04. The second-order valence-corrected chi connectivity index (χ2v) is 6.13. The third kappa shape index (κ3) is 7.60. The Morgan fingerprint density at radius 2 is 1.58 bits per heavy atom. The summed E-state index contributed by atoms with van der Waals surface area (Å²) < 4.78 is 78.7. The quantitative estimate of drug-likeness (QED) is 0.273. The lowest BCUT2D eigenvalue weighted by Crippen LogP contribution is -2.46. The molecule has 0 aliphatic carbocycles. The summed E-state index contributed by atoms with van der Waals surface area (Å²) in [6.07, 6.45) is -7.37. The Morgan fingerprint density at radius 3 is 2.12 bits per heavy atom. The van der Waals surface area contributed by atoms with Crippen LogP contribution in [0.15, 0.2) is 30.6 Å². The summed E-state index contributed by atoms with van der Waals surface area (Å²) in [5, 5.41) is 14.2. The van der Waals surface area contributed by atoms with E-state index >= 15 is 0 Å². The number of amides is 3. The van der Waals surface area contributed by atoms with Crippen LogP contribution in [0.4, 0.5) is 26.3 Å². The monoisotopic (exact) mass is 480 g/mol. The number of halogens is 6. The summed E-state index contributed by atoms with van der Waals surface area (Å²) in [5.74, 6) is -3.01. The Hall–Kier alpha value is -3.95. The molecule has 0 fully saturated rings. The van der Waals surface area contributed by atoms with Gasteiger partial charge in [-0.25, -0.2) is 9.67 Å². The third-order valence-electron chi connectivity index (χ3n) is 3.65. The van der Waals surface area contributed by atoms with Crippen LogP contribution >= 0.6 is 0 Å². The molecule has 2 aromatic rings. The van der Waals surface area contributed by atoms with E-state index in [9.17, 15) is 40.7 Å². The smallest absolute Gasteiger partial charge is 0.387 e. The van der Waals surface area contributed by atoms with E-state index in [-0.39, 0.29) is 6.07 Å². The van der Waals surface area contributed by atoms with E-state index in [1.54, 1.807) is 0 Å². The number of hydrogen-bond donors (Lipinski definition) is 4. The topological polar surface area (TPSA) is 138 Å². The van der Waals surface area contributed by atoms with Gasteiger partial charge in [-0.15, -0.1) is 5.10 Å². The predicted octanol–water partition coefficient (Wildman–Crippen LogP) is 0.709. The number of carbonyl (C=O) groups excluding carboxylic acids is 3. The molecule has 0 saturated carbocycles. The van der Waals surface area contributed by atoms with Gasteiger partial charge in [-0.1, -0.05) is 0 Å². The molecule has 4 N–H and O–H groups in total. The van der Waals surface area contributed by atoms with Crippen LogP contribution in [-0.2, 0) is 26.7 Å². The van der Waals surface area contributed by atoms with E-state index in [1.807, 2.05) is 16.2 Å². The van der Waals surface area contributed by atoms with Gasteiger partial charge in [0, 0.05) is 17.8 Å². The molecule has 0 aliphatic rings. The van der Waals surface area contributed by atoms with Crippen molar-refractivity contribution in [3.8, 4) is 11.4 Å². The van der Waals surface area contributed by atoms with Crippen LogP contribution in [0.1, 0.15) is 11.1 Å². The van der Waals surface area contributed by atoms with E-state index in [2.05, 4.69) is 10.1 Å². The molecule has 2 rings (SSSR count). The summed E-state index contributed by atoms with van der Waals surface area (Å²) in [4.78, 5) is 37.4. The SMILES string of the molecule is O=C(/C=C\n1cnc(-c2cc(C(F)(F)F)cc(C(F)(F)F)c2)n1)NNC(=O)CNC(=O)CO. The van der Waals surface area contributed by atoms with Crippen LogP contribution in [0.3, 0.4) is 0 Å². The Labute approximate surface area is 180 Å². The van der Waals surface area contributed by atoms with Crippen molar-refractivity contribution in [2.45, 2.75) is 12.4 Å². The van der Waals surface area contributed by atoms with Crippen LogP contribution in [0.5, 0.6) is 0 Å². The van der Waals surface area contributed by atoms with Gasteiger partial charge in [0.05, 0.1) is 17.7 Å². The molecule has 0 atom stereocenters. The fourth-order valence-corrected chi connectivity index (χ4v) is 2.16. The second-order valence-electron chi connectivity index (χ2n) is 6.13. The van der Waals surface area contributed by atoms with Crippen LogP contribution in [0.25, 0.3) is 17.6 Å². The first kappa shape index (κ1) is 25.3. The first-order chi connectivity index (χ1) is 15.3. The van der Waals surface area contributed by atoms with Gasteiger partial charge in [0.1, 0.15) is 12.9 Å². The highest BCUT2D eigenvalue weighted by atomic mass is 19.4. The van der Waals surface area contributed by atoms with Gasteiger partial charge in [0.15, 0.2) is 5.82 Å². The number of hydrogen-bond acceptors (Lipinski definition) is 6. The lowest BCUT2D eigenvalue weighted by molar-refractivity contribution is -0.143. The molecule has 0 spiro atoms. The van der Waals surface area contributed by atoms with Crippen LogP contribution in [0.2, 0.25) is 0 Å². The summed E-state index contributed by atoms with van der Waals surface area (Å²) >= 11 is 0. The fraction of sp³-hybridized carbons (Fsp3) is 0.235. The molecule has 10 nitrogen and oxygen atoms in total. The number of nitrogens with one attached hydrogen (secondary N) is 3. The molecule has 0 radical (unpaired) electrons. The summed E-state index contributed by atoms with van der Waals surface area (Å²) in [6, 6.07) is 0.876. The first-order valence-electron chi connectivity index (χ1n) is 8.65. The number of aromatic nitrogens is 3. The molecular weight excluding hydrogens is 466 g/mol. The van der Waals surface area contributed by atoms with Gasteiger partial charge in [-0.2, -0.15) is 26.3 Å². The number of hydrazine groups is 1. The Bertz CT molecular complexity index is 1030. The molecule has 0 saturated heterocycles. The average Bonchev–Trinajstić information content (AvgIpc) is 3.22. The minimum absolute atomic E-state index is 0.0335. The van der Waals surface area contributed by atoms with Crippen molar-refractivity contribution in [1.29, 1.82) is 0 Å². The number of benzene rings is 1. The standard InChI is InChI=1S/C17H14F6N6O4/c18-16(19,20)10-3-9(4-11(5-10)17(21,22)23)15-25-8-29(28-15)2-1-12(31)26-27-13(32)6-24-14(33)7-30/h1-5,8,30H,6-7H2,(H,24,33)(H,26,31)(H,27,32)/b2-1-. The maximum atomic E-state index is 13.0. The molecule has 178 valence electrons. The van der Waals surface area contributed by atoms with Gasteiger partial charge >= 0.3 is 12.4 Å². The Kier molecular flexibility index (Phi) is 7.76. The molecule has 16 heteroatoms. The molecule has 0 aliphatic heterocycles. The summed E-state index contributed by atoms with van der Waals surface area (Å²) in [5.41, 5.74) is 0.231. The number of aliphatic hydroxyl groups excluding tert-OH is 1. The molecule has 0 unspecified atom stereocenters. The van der Waals surface area contributed by atoms with E-state index in [4.69, 9.17) is 5.11 Å². The molecular formula is C17H14F6N6O4. The highest BCUT2D eigenvalue weighted by Gasteiger charge is 2.37. The van der Waals surface area contributed by atoms with Gasteiger partial charge in [-0.05, 0) is 18.2 Å². The second kappa shape index (κ2) is 10.1. The summed E-state index contributed by atoms with van der Waals surface area (Å²) in [7, 11) is 0. The molecule has 33 heavy (non-hydrogen) atoms. The van der Waals surface area contributed by atoms with Crippen molar-refractivity contribution in [2.75, 3.05) is 13.2 Å². The lowest BCUT2D eigenvalue weighted by Gasteiger charge is -2.13. The van der Waals surface area contributed by atoms with Gasteiger partial charge in [0.2, 0.25) is 5.91 Å². The number of nitrogens with zero attached hydrogens (tertiary/aromatic N) is 3. The predicted molar refractivity (Wildman–Crippen MR) is 97.2 cm³/mol. The maximum Gasteiger partial charge on any atom is 0.416 e. The molecule has 1 aromatic carbocycles. The maximum absolute atomic E-state index is 13.0. The fourth-order valence-electron chi connectivity index (χ4n) is 2.16. The molecule has 0 bridgehead atoms. The largest absolute Gasteiger partial charge is 0.416 e. The average molecular weight is 480 g/mol.